The topological polar surface area (TPSA) is 85.6 Å². The first-order valence-corrected chi connectivity index (χ1v) is 7.00. The molecule has 21 heavy (non-hydrogen) atoms. The highest BCUT2D eigenvalue weighted by Gasteiger charge is 2.15. The third-order valence-electron chi connectivity index (χ3n) is 2.78. The van der Waals surface area contributed by atoms with Gasteiger partial charge in [0.15, 0.2) is 5.82 Å². The lowest BCUT2D eigenvalue weighted by molar-refractivity contribution is 0.0948. The quantitative estimate of drug-likeness (QED) is 0.901. The van der Waals surface area contributed by atoms with Gasteiger partial charge in [-0.15, -0.1) is 0 Å². The molecule has 0 aliphatic rings. The monoisotopic (exact) mass is 308 g/mol. The van der Waals surface area contributed by atoms with Crippen LogP contribution in [0.25, 0.3) is 0 Å². The molecule has 8 heteroatoms. The zero-order valence-electron chi connectivity index (χ0n) is 12.2. The van der Waals surface area contributed by atoms with Crippen molar-refractivity contribution in [1.82, 2.24) is 30.0 Å². The summed E-state index contributed by atoms with van der Waals surface area (Å²) in [6.45, 7) is 4.33. The fourth-order valence-electron chi connectivity index (χ4n) is 1.69. The number of halogens is 1. The van der Waals surface area contributed by atoms with Gasteiger partial charge in [-0.2, -0.15) is 5.10 Å². The smallest absolute Gasteiger partial charge is 0.271 e. The zero-order chi connectivity index (χ0) is 15.4. The molecular formula is C13H17ClN6O. The number of aryl methyl sites for hydroxylation is 1. The number of hydrogen-bond acceptors (Lipinski definition) is 5. The molecule has 0 aliphatic heterocycles. The molecule has 0 saturated carbocycles. The van der Waals surface area contributed by atoms with Gasteiger partial charge in [-0.3, -0.25) is 9.48 Å². The number of hydrogen-bond donors (Lipinski definition) is 1. The second-order valence-electron chi connectivity index (χ2n) is 4.92. The van der Waals surface area contributed by atoms with Crippen molar-refractivity contribution in [3.8, 4) is 0 Å². The van der Waals surface area contributed by atoms with Crippen LogP contribution in [-0.2, 0) is 13.5 Å². The maximum absolute atomic E-state index is 12.1. The van der Waals surface area contributed by atoms with E-state index in [2.05, 4.69) is 25.4 Å². The number of nitrogens with zero attached hydrogens (tertiary/aromatic N) is 5. The molecular weight excluding hydrogens is 292 g/mol. The predicted octanol–water partition coefficient (Wildman–Crippen LogP) is 1.35. The highest BCUT2D eigenvalue weighted by atomic mass is 35.5. The van der Waals surface area contributed by atoms with E-state index in [4.69, 9.17) is 11.6 Å². The van der Waals surface area contributed by atoms with Gasteiger partial charge in [0.2, 0.25) is 0 Å². The fraction of sp³-hybridized carbons (Fsp3) is 0.462. The molecule has 1 N–H and O–H groups in total. The number of rotatable bonds is 5. The SMILES string of the molecule is CC(C)c1ncc(Cl)c(C(=O)NCCc2ncn(C)n2)n1. The van der Waals surface area contributed by atoms with Crippen LogP contribution < -0.4 is 5.32 Å². The van der Waals surface area contributed by atoms with Crippen molar-refractivity contribution in [3.05, 3.63) is 34.9 Å². The summed E-state index contributed by atoms with van der Waals surface area (Å²) >= 11 is 5.98. The molecule has 0 aromatic carbocycles. The molecule has 0 atom stereocenters. The minimum absolute atomic E-state index is 0.131. The second-order valence-corrected chi connectivity index (χ2v) is 5.33. The average molecular weight is 309 g/mol. The summed E-state index contributed by atoms with van der Waals surface area (Å²) in [5, 5.41) is 7.14. The van der Waals surface area contributed by atoms with Crippen LogP contribution in [0.3, 0.4) is 0 Å². The lowest BCUT2D eigenvalue weighted by atomic mass is 10.2. The first-order chi connectivity index (χ1) is 9.97. The van der Waals surface area contributed by atoms with Crippen LogP contribution >= 0.6 is 11.6 Å². The highest BCUT2D eigenvalue weighted by Crippen LogP contribution is 2.16. The summed E-state index contributed by atoms with van der Waals surface area (Å²) < 4.78 is 1.62. The largest absolute Gasteiger partial charge is 0.350 e. The molecule has 2 aromatic rings. The van der Waals surface area contributed by atoms with E-state index in [1.165, 1.54) is 6.20 Å². The number of aromatic nitrogens is 5. The van der Waals surface area contributed by atoms with Crippen molar-refractivity contribution in [1.29, 1.82) is 0 Å². The van der Waals surface area contributed by atoms with Crippen LogP contribution in [-0.4, -0.2) is 37.2 Å². The fourth-order valence-corrected chi connectivity index (χ4v) is 1.87. The van der Waals surface area contributed by atoms with E-state index in [9.17, 15) is 4.79 Å². The molecule has 2 rings (SSSR count). The summed E-state index contributed by atoms with van der Waals surface area (Å²) in [5.41, 5.74) is 0.198. The van der Waals surface area contributed by atoms with Crippen LogP contribution in [0.5, 0.6) is 0 Å². The Morgan fingerprint density at radius 1 is 1.43 bits per heavy atom. The van der Waals surface area contributed by atoms with Crippen molar-refractivity contribution in [2.75, 3.05) is 6.54 Å². The molecule has 0 saturated heterocycles. The summed E-state index contributed by atoms with van der Waals surface area (Å²) in [5.74, 6) is 1.08. The minimum Gasteiger partial charge on any atom is -0.350 e. The van der Waals surface area contributed by atoms with Crippen molar-refractivity contribution >= 4 is 17.5 Å². The maximum atomic E-state index is 12.1. The van der Waals surface area contributed by atoms with Crippen LogP contribution in [0.15, 0.2) is 12.5 Å². The third-order valence-corrected chi connectivity index (χ3v) is 3.05. The molecule has 7 nitrogen and oxygen atoms in total. The summed E-state index contributed by atoms with van der Waals surface area (Å²) in [6.07, 6.45) is 3.62. The minimum atomic E-state index is -0.319. The molecule has 2 aromatic heterocycles. The molecule has 1 amide bonds. The van der Waals surface area contributed by atoms with Gasteiger partial charge in [-0.25, -0.2) is 15.0 Å². The van der Waals surface area contributed by atoms with Gasteiger partial charge in [-0.05, 0) is 0 Å². The van der Waals surface area contributed by atoms with Crippen molar-refractivity contribution in [2.24, 2.45) is 7.05 Å². The zero-order valence-corrected chi connectivity index (χ0v) is 12.9. The Kier molecular flexibility index (Phi) is 4.85. The average Bonchev–Trinajstić information content (AvgIpc) is 2.84. The molecule has 0 fully saturated rings. The first kappa shape index (κ1) is 15.4. The molecule has 112 valence electrons. The molecule has 0 radical (unpaired) electrons. The summed E-state index contributed by atoms with van der Waals surface area (Å²) in [7, 11) is 1.79. The van der Waals surface area contributed by atoms with E-state index in [1.54, 1.807) is 18.1 Å². The molecule has 0 bridgehead atoms. The van der Waals surface area contributed by atoms with E-state index in [0.717, 1.165) is 0 Å². The Morgan fingerprint density at radius 2 is 2.19 bits per heavy atom. The molecule has 0 aliphatic carbocycles. The van der Waals surface area contributed by atoms with Crippen LogP contribution in [0.1, 0.15) is 41.9 Å². The maximum Gasteiger partial charge on any atom is 0.271 e. The van der Waals surface area contributed by atoms with Crippen LogP contribution in [0, 0.1) is 0 Å². The van der Waals surface area contributed by atoms with E-state index in [0.29, 0.717) is 24.6 Å². The molecule has 2 heterocycles. The Bertz CT molecular complexity index is 639. The van der Waals surface area contributed by atoms with Gasteiger partial charge in [-0.1, -0.05) is 25.4 Å². The van der Waals surface area contributed by atoms with Crippen molar-refractivity contribution < 1.29 is 4.79 Å². The van der Waals surface area contributed by atoms with Gasteiger partial charge < -0.3 is 5.32 Å². The lowest BCUT2D eigenvalue weighted by Crippen LogP contribution is -2.27. The van der Waals surface area contributed by atoms with E-state index in [1.807, 2.05) is 13.8 Å². The number of carbonyl (C=O) groups is 1. The standard InChI is InChI=1S/C13H17ClN6O/c1-8(2)12-16-6-9(14)11(18-12)13(21)15-5-4-10-17-7-20(3)19-10/h6-8H,4-5H2,1-3H3,(H,15,21). The van der Waals surface area contributed by atoms with E-state index >= 15 is 0 Å². The normalized spacial score (nSPS) is 10.9. The Morgan fingerprint density at radius 3 is 2.81 bits per heavy atom. The Labute approximate surface area is 127 Å². The number of nitrogens with one attached hydrogen (secondary N) is 1. The van der Waals surface area contributed by atoms with Gasteiger partial charge in [0.25, 0.3) is 5.91 Å². The van der Waals surface area contributed by atoms with Crippen LogP contribution in [0.2, 0.25) is 5.02 Å². The van der Waals surface area contributed by atoms with Crippen molar-refractivity contribution in [3.63, 3.8) is 0 Å². The number of amides is 1. The van der Waals surface area contributed by atoms with E-state index < -0.39 is 0 Å². The Hall–Kier alpha value is -2.02. The van der Waals surface area contributed by atoms with Crippen LogP contribution in [0.4, 0.5) is 0 Å². The van der Waals surface area contributed by atoms with Gasteiger partial charge >= 0.3 is 0 Å². The second kappa shape index (κ2) is 6.62. The van der Waals surface area contributed by atoms with E-state index in [-0.39, 0.29) is 22.5 Å². The summed E-state index contributed by atoms with van der Waals surface area (Å²) in [4.78, 5) is 24.5. The van der Waals surface area contributed by atoms with Gasteiger partial charge in [0.05, 0.1) is 11.2 Å². The predicted molar refractivity (Wildman–Crippen MR) is 78.2 cm³/mol. The molecule has 0 unspecified atom stereocenters. The molecule has 0 spiro atoms. The first-order valence-electron chi connectivity index (χ1n) is 6.62. The van der Waals surface area contributed by atoms with Gasteiger partial charge in [0, 0.05) is 25.9 Å². The third kappa shape index (κ3) is 3.98. The summed E-state index contributed by atoms with van der Waals surface area (Å²) in [6, 6.07) is 0. The Balaban J connectivity index is 1.98. The van der Waals surface area contributed by atoms with Crippen molar-refractivity contribution in [2.45, 2.75) is 26.2 Å². The lowest BCUT2D eigenvalue weighted by Gasteiger charge is -2.08. The number of carbonyl (C=O) groups excluding carboxylic acids is 1. The highest BCUT2D eigenvalue weighted by molar-refractivity contribution is 6.33. The van der Waals surface area contributed by atoms with Gasteiger partial charge in [0.1, 0.15) is 17.8 Å².